The number of aryl methyl sites for hydroxylation is 2. The van der Waals surface area contributed by atoms with E-state index in [-0.39, 0.29) is 5.69 Å². The van der Waals surface area contributed by atoms with Gasteiger partial charge in [-0.3, -0.25) is 10.1 Å². The van der Waals surface area contributed by atoms with Crippen molar-refractivity contribution in [3.8, 4) is 11.5 Å². The Labute approximate surface area is 143 Å². The van der Waals surface area contributed by atoms with Crippen molar-refractivity contribution in [2.75, 3.05) is 0 Å². The zero-order valence-corrected chi connectivity index (χ0v) is 14.0. The number of aromatic nitrogens is 2. The van der Waals surface area contributed by atoms with Gasteiger partial charge in [0.25, 0.3) is 10.9 Å². The van der Waals surface area contributed by atoms with E-state index in [9.17, 15) is 10.1 Å². The van der Waals surface area contributed by atoms with Crippen LogP contribution in [-0.4, -0.2) is 15.1 Å². The van der Waals surface area contributed by atoms with E-state index in [4.69, 9.17) is 4.42 Å². The standard InChI is InChI=1S/C17H15N3O3S/c1-11-6-12(2)8-14(7-11)16-18-19-17(23-16)24-10-13-4-3-5-15(9-13)20(21)22/h3-9H,10H2,1-2H3. The molecule has 0 atom stereocenters. The van der Waals surface area contributed by atoms with E-state index in [1.54, 1.807) is 12.1 Å². The topological polar surface area (TPSA) is 82.1 Å². The Morgan fingerprint density at radius 2 is 1.88 bits per heavy atom. The summed E-state index contributed by atoms with van der Waals surface area (Å²) in [5.41, 5.74) is 4.07. The molecule has 3 aromatic rings. The third-order valence-electron chi connectivity index (χ3n) is 3.36. The minimum atomic E-state index is -0.404. The Morgan fingerprint density at radius 3 is 2.58 bits per heavy atom. The van der Waals surface area contributed by atoms with Crippen molar-refractivity contribution in [2.45, 2.75) is 24.8 Å². The van der Waals surface area contributed by atoms with Crippen LogP contribution in [0.4, 0.5) is 5.69 Å². The molecule has 0 spiro atoms. The van der Waals surface area contributed by atoms with Crippen LogP contribution < -0.4 is 0 Å². The summed E-state index contributed by atoms with van der Waals surface area (Å²) in [5, 5.41) is 19.4. The first-order valence-electron chi connectivity index (χ1n) is 7.29. The first-order chi connectivity index (χ1) is 11.5. The van der Waals surface area contributed by atoms with Gasteiger partial charge in [-0.25, -0.2) is 0 Å². The zero-order valence-electron chi connectivity index (χ0n) is 13.2. The molecule has 0 amide bonds. The maximum Gasteiger partial charge on any atom is 0.277 e. The van der Waals surface area contributed by atoms with Crippen LogP contribution in [0.1, 0.15) is 16.7 Å². The zero-order chi connectivity index (χ0) is 17.1. The van der Waals surface area contributed by atoms with Gasteiger partial charge < -0.3 is 4.42 Å². The van der Waals surface area contributed by atoms with Crippen LogP contribution >= 0.6 is 11.8 Å². The number of hydrogen-bond acceptors (Lipinski definition) is 6. The van der Waals surface area contributed by atoms with E-state index in [2.05, 4.69) is 16.3 Å². The molecule has 7 heteroatoms. The highest BCUT2D eigenvalue weighted by molar-refractivity contribution is 7.98. The van der Waals surface area contributed by atoms with Gasteiger partial charge in [0.1, 0.15) is 0 Å². The van der Waals surface area contributed by atoms with Crippen LogP contribution in [-0.2, 0) is 5.75 Å². The second kappa shape index (κ2) is 6.84. The summed E-state index contributed by atoms with van der Waals surface area (Å²) in [6.45, 7) is 4.04. The Bertz CT molecular complexity index is 872. The van der Waals surface area contributed by atoms with Crippen LogP contribution in [0.3, 0.4) is 0 Å². The van der Waals surface area contributed by atoms with Gasteiger partial charge in [0.05, 0.1) is 4.92 Å². The van der Waals surface area contributed by atoms with E-state index in [0.717, 1.165) is 22.3 Å². The van der Waals surface area contributed by atoms with Crippen molar-refractivity contribution in [3.05, 3.63) is 69.3 Å². The molecule has 0 unspecified atom stereocenters. The van der Waals surface area contributed by atoms with E-state index in [0.29, 0.717) is 16.9 Å². The highest BCUT2D eigenvalue weighted by Gasteiger charge is 2.11. The van der Waals surface area contributed by atoms with Crippen LogP contribution in [0.2, 0.25) is 0 Å². The maximum absolute atomic E-state index is 10.8. The molecule has 1 aromatic heterocycles. The largest absolute Gasteiger partial charge is 0.411 e. The summed E-state index contributed by atoms with van der Waals surface area (Å²) in [6, 6.07) is 12.6. The summed E-state index contributed by atoms with van der Waals surface area (Å²) in [6.07, 6.45) is 0. The van der Waals surface area contributed by atoms with Crippen molar-refractivity contribution >= 4 is 17.4 Å². The number of rotatable bonds is 5. The molecule has 3 rings (SSSR count). The Morgan fingerprint density at radius 1 is 1.12 bits per heavy atom. The molecule has 0 saturated heterocycles. The molecule has 2 aromatic carbocycles. The average molecular weight is 341 g/mol. The summed E-state index contributed by atoms with van der Waals surface area (Å²) >= 11 is 1.35. The van der Waals surface area contributed by atoms with Gasteiger partial charge in [0.15, 0.2) is 0 Å². The van der Waals surface area contributed by atoms with Crippen molar-refractivity contribution in [1.29, 1.82) is 0 Å². The molecule has 1 heterocycles. The fourth-order valence-electron chi connectivity index (χ4n) is 2.39. The predicted octanol–water partition coefficient (Wildman–Crippen LogP) is 4.55. The normalized spacial score (nSPS) is 10.8. The lowest BCUT2D eigenvalue weighted by Gasteiger charge is -2.00. The van der Waals surface area contributed by atoms with Gasteiger partial charge in [-0.2, -0.15) is 0 Å². The molecular weight excluding hydrogens is 326 g/mol. The predicted molar refractivity (Wildman–Crippen MR) is 91.9 cm³/mol. The van der Waals surface area contributed by atoms with Crippen LogP contribution in [0.5, 0.6) is 0 Å². The molecule has 0 saturated carbocycles. The van der Waals surface area contributed by atoms with Gasteiger partial charge in [-0.05, 0) is 31.5 Å². The lowest BCUT2D eigenvalue weighted by Crippen LogP contribution is -1.89. The number of nitro benzene ring substituents is 1. The van der Waals surface area contributed by atoms with E-state index < -0.39 is 4.92 Å². The van der Waals surface area contributed by atoms with Gasteiger partial charge in [0.2, 0.25) is 5.89 Å². The minimum Gasteiger partial charge on any atom is -0.411 e. The molecule has 0 fully saturated rings. The smallest absolute Gasteiger partial charge is 0.277 e. The van der Waals surface area contributed by atoms with Crippen LogP contribution in [0.25, 0.3) is 11.5 Å². The SMILES string of the molecule is Cc1cc(C)cc(-c2nnc(SCc3cccc([N+](=O)[O-])c3)o2)c1. The molecule has 0 aliphatic carbocycles. The monoisotopic (exact) mass is 341 g/mol. The van der Waals surface area contributed by atoms with Crippen molar-refractivity contribution < 1.29 is 9.34 Å². The van der Waals surface area contributed by atoms with Gasteiger partial charge in [-0.15, -0.1) is 10.2 Å². The van der Waals surface area contributed by atoms with Crippen molar-refractivity contribution in [3.63, 3.8) is 0 Å². The minimum absolute atomic E-state index is 0.0783. The molecule has 0 aliphatic rings. The van der Waals surface area contributed by atoms with Gasteiger partial charge in [-0.1, -0.05) is 41.1 Å². The Balaban J connectivity index is 1.72. The van der Waals surface area contributed by atoms with Crippen LogP contribution in [0, 0.1) is 24.0 Å². The molecular formula is C17H15N3O3S. The van der Waals surface area contributed by atoms with Crippen molar-refractivity contribution in [2.24, 2.45) is 0 Å². The molecule has 6 nitrogen and oxygen atoms in total. The number of thioether (sulfide) groups is 1. The molecule has 0 aliphatic heterocycles. The fraction of sp³-hybridized carbons (Fsp3) is 0.176. The van der Waals surface area contributed by atoms with Gasteiger partial charge >= 0.3 is 0 Å². The molecule has 122 valence electrons. The number of nitro groups is 1. The highest BCUT2D eigenvalue weighted by Crippen LogP contribution is 2.27. The van der Waals surface area contributed by atoms with E-state index in [1.807, 2.05) is 32.0 Å². The lowest BCUT2D eigenvalue weighted by molar-refractivity contribution is -0.384. The summed E-state index contributed by atoms with van der Waals surface area (Å²) < 4.78 is 5.69. The van der Waals surface area contributed by atoms with Gasteiger partial charge in [0, 0.05) is 23.4 Å². The Hall–Kier alpha value is -2.67. The fourth-order valence-corrected chi connectivity index (χ4v) is 3.09. The average Bonchev–Trinajstić information content (AvgIpc) is 3.01. The first kappa shape index (κ1) is 16.2. The number of benzene rings is 2. The first-order valence-corrected chi connectivity index (χ1v) is 8.28. The maximum atomic E-state index is 10.8. The Kier molecular flexibility index (Phi) is 4.61. The third-order valence-corrected chi connectivity index (χ3v) is 4.25. The molecule has 0 N–H and O–H groups in total. The number of nitrogens with zero attached hydrogens (tertiary/aromatic N) is 3. The molecule has 0 bridgehead atoms. The molecule has 0 radical (unpaired) electrons. The summed E-state index contributed by atoms with van der Waals surface area (Å²) in [4.78, 5) is 10.4. The number of hydrogen-bond donors (Lipinski definition) is 0. The second-order valence-electron chi connectivity index (χ2n) is 5.47. The van der Waals surface area contributed by atoms with Crippen molar-refractivity contribution in [1.82, 2.24) is 10.2 Å². The van der Waals surface area contributed by atoms with E-state index in [1.165, 1.54) is 17.8 Å². The quantitative estimate of drug-likeness (QED) is 0.384. The summed E-state index contributed by atoms with van der Waals surface area (Å²) in [7, 11) is 0. The molecule has 24 heavy (non-hydrogen) atoms. The second-order valence-corrected chi connectivity index (χ2v) is 6.39. The summed E-state index contributed by atoms with van der Waals surface area (Å²) in [5.74, 6) is 0.999. The lowest BCUT2D eigenvalue weighted by atomic mass is 10.1. The third kappa shape index (κ3) is 3.80. The number of non-ortho nitro benzene ring substituents is 1. The highest BCUT2D eigenvalue weighted by atomic mass is 32.2. The van der Waals surface area contributed by atoms with E-state index >= 15 is 0 Å². The van der Waals surface area contributed by atoms with Crippen LogP contribution in [0.15, 0.2) is 52.1 Å².